The molecule has 1 aliphatic heterocycles. The molecule has 1 saturated heterocycles. The predicted molar refractivity (Wildman–Crippen MR) is 108 cm³/mol. The van der Waals surface area contributed by atoms with E-state index in [1.54, 1.807) is 0 Å². The minimum absolute atomic E-state index is 0.130. The standard InChI is InChI=1S/C22H30N4O4/c1-14-11-17(14)18-8-7-16(30-18)12-25(15-5-6-15)13-19(27)24-26-20(28)22(23-21(26)29)9-3-2-4-10-22/h7-8,14-15,17H,2-6,9-13H2,1H3,(H,23,29)(H,24,27). The third-order valence-electron chi connectivity index (χ3n) is 7.03. The molecule has 8 nitrogen and oxygen atoms in total. The Morgan fingerprint density at radius 2 is 2.00 bits per heavy atom. The van der Waals surface area contributed by atoms with Crippen LogP contribution in [0.1, 0.15) is 75.7 Å². The zero-order valence-corrected chi connectivity index (χ0v) is 17.5. The molecule has 2 heterocycles. The van der Waals surface area contributed by atoms with Crippen molar-refractivity contribution in [2.75, 3.05) is 6.54 Å². The van der Waals surface area contributed by atoms with Crippen molar-refractivity contribution in [3.63, 3.8) is 0 Å². The minimum atomic E-state index is -0.830. The number of nitrogens with one attached hydrogen (secondary N) is 2. The Morgan fingerprint density at radius 1 is 1.27 bits per heavy atom. The number of rotatable bonds is 7. The second-order valence-corrected chi connectivity index (χ2v) is 9.51. The highest BCUT2D eigenvalue weighted by Crippen LogP contribution is 2.47. The van der Waals surface area contributed by atoms with Crippen LogP contribution in [-0.4, -0.2) is 45.9 Å². The molecule has 1 aromatic heterocycles. The summed E-state index contributed by atoms with van der Waals surface area (Å²) in [6.45, 7) is 2.91. The highest BCUT2D eigenvalue weighted by molar-refractivity contribution is 6.08. The van der Waals surface area contributed by atoms with Crippen LogP contribution in [0.2, 0.25) is 0 Å². The summed E-state index contributed by atoms with van der Waals surface area (Å²) in [6.07, 6.45) is 7.44. The zero-order valence-electron chi connectivity index (χ0n) is 17.5. The van der Waals surface area contributed by atoms with Gasteiger partial charge in [0.25, 0.3) is 11.8 Å². The van der Waals surface area contributed by atoms with Gasteiger partial charge >= 0.3 is 6.03 Å². The SMILES string of the molecule is CC1CC1c1ccc(CN(CC(=O)NN2C(=O)NC3(CCCCC3)C2=O)C2CC2)o1. The Bertz CT molecular complexity index is 855. The smallest absolute Gasteiger partial charge is 0.344 e. The summed E-state index contributed by atoms with van der Waals surface area (Å²) >= 11 is 0. The maximum absolute atomic E-state index is 12.8. The van der Waals surface area contributed by atoms with Crippen molar-refractivity contribution in [2.24, 2.45) is 5.92 Å². The first kappa shape index (κ1) is 19.6. The maximum Gasteiger partial charge on any atom is 0.344 e. The molecule has 1 spiro atoms. The number of hydrogen-bond donors (Lipinski definition) is 2. The Morgan fingerprint density at radius 3 is 2.67 bits per heavy atom. The summed E-state index contributed by atoms with van der Waals surface area (Å²) in [5.41, 5.74) is 1.72. The number of carbonyl (C=O) groups is 3. The summed E-state index contributed by atoms with van der Waals surface area (Å²) in [5.74, 6) is 2.44. The molecule has 162 valence electrons. The van der Waals surface area contributed by atoms with Crippen LogP contribution in [0, 0.1) is 5.92 Å². The second kappa shape index (κ2) is 7.41. The van der Waals surface area contributed by atoms with Gasteiger partial charge in [-0.25, -0.2) is 4.79 Å². The van der Waals surface area contributed by atoms with Crippen LogP contribution >= 0.6 is 0 Å². The highest BCUT2D eigenvalue weighted by Gasteiger charge is 2.52. The number of carbonyl (C=O) groups excluding carboxylic acids is 3. The molecule has 0 radical (unpaired) electrons. The van der Waals surface area contributed by atoms with Crippen LogP contribution in [0.5, 0.6) is 0 Å². The molecule has 3 aliphatic carbocycles. The van der Waals surface area contributed by atoms with Crippen LogP contribution in [0.4, 0.5) is 4.79 Å². The van der Waals surface area contributed by atoms with E-state index in [9.17, 15) is 14.4 Å². The van der Waals surface area contributed by atoms with Crippen LogP contribution in [0.25, 0.3) is 0 Å². The lowest BCUT2D eigenvalue weighted by Crippen LogP contribution is -2.52. The summed E-state index contributed by atoms with van der Waals surface area (Å²) in [5, 5.41) is 3.71. The molecular formula is C22H30N4O4. The Balaban J connectivity index is 1.20. The Kier molecular flexibility index (Phi) is 4.84. The molecule has 0 bridgehead atoms. The summed E-state index contributed by atoms with van der Waals surface area (Å²) < 4.78 is 6.01. The topological polar surface area (TPSA) is 94.9 Å². The summed E-state index contributed by atoms with van der Waals surface area (Å²) in [6, 6.07) is 3.86. The molecule has 0 aromatic carbocycles. The first-order valence-corrected chi connectivity index (χ1v) is 11.2. The van der Waals surface area contributed by atoms with Gasteiger partial charge < -0.3 is 9.73 Å². The van der Waals surface area contributed by atoms with Crippen LogP contribution in [-0.2, 0) is 16.1 Å². The lowest BCUT2D eigenvalue weighted by atomic mass is 9.82. The van der Waals surface area contributed by atoms with Crippen molar-refractivity contribution < 1.29 is 18.8 Å². The van der Waals surface area contributed by atoms with E-state index < -0.39 is 11.6 Å². The van der Waals surface area contributed by atoms with Crippen molar-refractivity contribution >= 4 is 17.8 Å². The zero-order chi connectivity index (χ0) is 20.9. The van der Waals surface area contributed by atoms with Gasteiger partial charge in [0.2, 0.25) is 0 Å². The number of imide groups is 1. The Hall–Kier alpha value is -2.35. The van der Waals surface area contributed by atoms with E-state index in [0.717, 1.165) is 48.6 Å². The first-order chi connectivity index (χ1) is 14.4. The van der Waals surface area contributed by atoms with Gasteiger partial charge in [0.1, 0.15) is 17.1 Å². The van der Waals surface area contributed by atoms with Crippen molar-refractivity contribution in [1.82, 2.24) is 20.7 Å². The van der Waals surface area contributed by atoms with Gasteiger partial charge in [0.05, 0.1) is 13.1 Å². The lowest BCUT2D eigenvalue weighted by molar-refractivity contribution is -0.140. The number of amides is 4. The first-order valence-electron chi connectivity index (χ1n) is 11.2. The number of urea groups is 1. The monoisotopic (exact) mass is 414 g/mol. The van der Waals surface area contributed by atoms with E-state index in [1.807, 2.05) is 12.1 Å². The van der Waals surface area contributed by atoms with E-state index in [4.69, 9.17) is 4.42 Å². The van der Waals surface area contributed by atoms with E-state index in [0.29, 0.717) is 37.3 Å². The number of furan rings is 1. The third kappa shape index (κ3) is 3.73. The maximum atomic E-state index is 12.8. The summed E-state index contributed by atoms with van der Waals surface area (Å²) in [4.78, 5) is 40.0. The number of hydrazine groups is 1. The molecule has 1 aromatic rings. The van der Waals surface area contributed by atoms with Gasteiger partial charge in [-0.05, 0) is 50.2 Å². The fraction of sp³-hybridized carbons (Fsp3) is 0.682. The molecule has 5 rings (SSSR count). The number of nitrogens with zero attached hydrogens (tertiary/aromatic N) is 2. The fourth-order valence-corrected chi connectivity index (χ4v) is 4.91. The van der Waals surface area contributed by atoms with E-state index in [1.165, 1.54) is 6.42 Å². The number of hydrogen-bond acceptors (Lipinski definition) is 5. The molecule has 8 heteroatoms. The lowest BCUT2D eigenvalue weighted by Gasteiger charge is -2.30. The molecular weight excluding hydrogens is 384 g/mol. The summed E-state index contributed by atoms with van der Waals surface area (Å²) in [7, 11) is 0. The van der Waals surface area contributed by atoms with Crippen LogP contribution in [0.3, 0.4) is 0 Å². The second-order valence-electron chi connectivity index (χ2n) is 9.51. The molecule has 4 amide bonds. The van der Waals surface area contributed by atoms with Gasteiger partial charge in [0, 0.05) is 12.0 Å². The molecule has 2 unspecified atom stereocenters. The quantitative estimate of drug-likeness (QED) is 0.669. The third-order valence-corrected chi connectivity index (χ3v) is 7.03. The fourth-order valence-electron chi connectivity index (χ4n) is 4.91. The average molecular weight is 415 g/mol. The van der Waals surface area contributed by atoms with Gasteiger partial charge in [0.15, 0.2) is 0 Å². The molecule has 30 heavy (non-hydrogen) atoms. The van der Waals surface area contributed by atoms with Crippen LogP contribution in [0.15, 0.2) is 16.5 Å². The largest absolute Gasteiger partial charge is 0.464 e. The van der Waals surface area contributed by atoms with Gasteiger partial charge in [-0.3, -0.25) is 19.9 Å². The normalized spacial score (nSPS) is 27.6. The van der Waals surface area contributed by atoms with Gasteiger partial charge in [-0.2, -0.15) is 5.01 Å². The molecule has 2 N–H and O–H groups in total. The van der Waals surface area contributed by atoms with E-state index in [2.05, 4.69) is 22.6 Å². The molecule has 2 atom stereocenters. The Labute approximate surface area is 176 Å². The predicted octanol–water partition coefficient (Wildman–Crippen LogP) is 2.65. The molecule has 4 fully saturated rings. The van der Waals surface area contributed by atoms with Crippen molar-refractivity contribution in [1.29, 1.82) is 0 Å². The van der Waals surface area contributed by atoms with E-state index in [-0.39, 0.29) is 18.4 Å². The van der Waals surface area contributed by atoms with Crippen molar-refractivity contribution in [3.05, 3.63) is 23.7 Å². The molecule has 4 aliphatic rings. The van der Waals surface area contributed by atoms with Crippen molar-refractivity contribution in [3.8, 4) is 0 Å². The average Bonchev–Trinajstić information content (AvgIpc) is 3.64. The van der Waals surface area contributed by atoms with Crippen LogP contribution < -0.4 is 10.7 Å². The highest BCUT2D eigenvalue weighted by atomic mass is 16.3. The van der Waals surface area contributed by atoms with E-state index >= 15 is 0 Å². The van der Waals surface area contributed by atoms with Crippen molar-refractivity contribution in [2.45, 2.75) is 82.3 Å². The minimum Gasteiger partial charge on any atom is -0.464 e. The van der Waals surface area contributed by atoms with Gasteiger partial charge in [-0.15, -0.1) is 0 Å². The molecule has 3 saturated carbocycles. The van der Waals surface area contributed by atoms with Gasteiger partial charge in [-0.1, -0.05) is 26.2 Å².